The zero-order valence-electron chi connectivity index (χ0n) is 11.5. The van der Waals surface area contributed by atoms with E-state index in [4.69, 9.17) is 16.3 Å². The van der Waals surface area contributed by atoms with Crippen molar-refractivity contribution in [3.05, 3.63) is 59.7 Å². The van der Waals surface area contributed by atoms with Gasteiger partial charge in [-0.1, -0.05) is 11.8 Å². The van der Waals surface area contributed by atoms with Crippen molar-refractivity contribution in [3.8, 4) is 17.6 Å². The van der Waals surface area contributed by atoms with Gasteiger partial charge < -0.3 is 4.74 Å². The standard InChI is InChI=1S/C17H15ClFNO/c18-7-2-1-3-15-11-16(19)13-17(12-15)21-10-6-14-4-8-20-9-5-14/h4-5,8-9,11-13H,2,6-7,10H2. The molecule has 0 atom stereocenters. The fraction of sp³-hybridized carbons (Fsp3) is 0.235. The smallest absolute Gasteiger partial charge is 0.128 e. The summed E-state index contributed by atoms with van der Waals surface area (Å²) in [4.78, 5) is 3.96. The van der Waals surface area contributed by atoms with Gasteiger partial charge in [-0.25, -0.2) is 4.39 Å². The lowest BCUT2D eigenvalue weighted by Crippen LogP contribution is -2.02. The third kappa shape index (κ3) is 5.45. The molecule has 0 amide bonds. The molecule has 0 fully saturated rings. The molecule has 0 saturated carbocycles. The van der Waals surface area contributed by atoms with Crippen molar-refractivity contribution in [2.24, 2.45) is 0 Å². The van der Waals surface area contributed by atoms with Crippen LogP contribution in [0, 0.1) is 17.7 Å². The topological polar surface area (TPSA) is 22.1 Å². The van der Waals surface area contributed by atoms with Crippen molar-refractivity contribution in [2.75, 3.05) is 12.5 Å². The van der Waals surface area contributed by atoms with E-state index in [1.807, 2.05) is 12.1 Å². The van der Waals surface area contributed by atoms with E-state index >= 15 is 0 Å². The number of aromatic nitrogens is 1. The van der Waals surface area contributed by atoms with E-state index in [1.165, 1.54) is 12.1 Å². The maximum atomic E-state index is 13.5. The van der Waals surface area contributed by atoms with Gasteiger partial charge in [0.2, 0.25) is 0 Å². The van der Waals surface area contributed by atoms with Crippen molar-refractivity contribution in [2.45, 2.75) is 12.8 Å². The van der Waals surface area contributed by atoms with Crippen molar-refractivity contribution < 1.29 is 9.13 Å². The molecule has 0 aliphatic heterocycles. The molecule has 21 heavy (non-hydrogen) atoms. The molecule has 108 valence electrons. The largest absolute Gasteiger partial charge is 0.493 e. The van der Waals surface area contributed by atoms with Gasteiger partial charge in [-0.2, -0.15) is 0 Å². The van der Waals surface area contributed by atoms with Crippen LogP contribution in [-0.2, 0) is 6.42 Å². The molecular formula is C17H15ClFNO. The molecule has 0 unspecified atom stereocenters. The number of nitrogens with zero attached hydrogens (tertiary/aromatic N) is 1. The average Bonchev–Trinajstić information content (AvgIpc) is 2.48. The minimum absolute atomic E-state index is 0.355. The van der Waals surface area contributed by atoms with Crippen LogP contribution in [0.15, 0.2) is 42.7 Å². The van der Waals surface area contributed by atoms with Gasteiger partial charge >= 0.3 is 0 Å². The summed E-state index contributed by atoms with van der Waals surface area (Å²) < 4.78 is 19.1. The van der Waals surface area contributed by atoms with Crippen LogP contribution < -0.4 is 4.74 Å². The lowest BCUT2D eigenvalue weighted by molar-refractivity contribution is 0.320. The molecule has 0 saturated heterocycles. The number of benzene rings is 1. The highest BCUT2D eigenvalue weighted by molar-refractivity contribution is 6.18. The van der Waals surface area contributed by atoms with Crippen LogP contribution >= 0.6 is 11.6 Å². The van der Waals surface area contributed by atoms with E-state index < -0.39 is 0 Å². The monoisotopic (exact) mass is 303 g/mol. The molecule has 0 aliphatic rings. The molecule has 1 aromatic heterocycles. The fourth-order valence-electron chi connectivity index (χ4n) is 1.77. The predicted octanol–water partition coefficient (Wildman–Crippen LogP) is 3.82. The van der Waals surface area contributed by atoms with Gasteiger partial charge in [0.25, 0.3) is 0 Å². The van der Waals surface area contributed by atoms with Crippen molar-refractivity contribution in [1.82, 2.24) is 4.98 Å². The Labute approximate surface area is 128 Å². The van der Waals surface area contributed by atoms with Crippen molar-refractivity contribution >= 4 is 11.6 Å². The van der Waals surface area contributed by atoms with Crippen LogP contribution in [0.1, 0.15) is 17.5 Å². The Hall–Kier alpha value is -2.05. The first-order chi connectivity index (χ1) is 10.3. The summed E-state index contributed by atoms with van der Waals surface area (Å²) in [5.41, 5.74) is 1.72. The van der Waals surface area contributed by atoms with Gasteiger partial charge in [-0.05, 0) is 29.8 Å². The minimum Gasteiger partial charge on any atom is -0.493 e. The molecule has 0 N–H and O–H groups in total. The van der Waals surface area contributed by atoms with Crippen molar-refractivity contribution in [1.29, 1.82) is 0 Å². The van der Waals surface area contributed by atoms with Gasteiger partial charge in [0.15, 0.2) is 0 Å². The number of hydrogen-bond acceptors (Lipinski definition) is 2. The second-order valence-electron chi connectivity index (χ2n) is 4.37. The first kappa shape index (κ1) is 15.3. The Morgan fingerprint density at radius 2 is 2.00 bits per heavy atom. The van der Waals surface area contributed by atoms with E-state index in [0.29, 0.717) is 30.2 Å². The molecule has 4 heteroatoms. The highest BCUT2D eigenvalue weighted by atomic mass is 35.5. The van der Waals surface area contributed by atoms with Gasteiger partial charge in [-0.3, -0.25) is 4.98 Å². The highest BCUT2D eigenvalue weighted by Crippen LogP contribution is 2.16. The lowest BCUT2D eigenvalue weighted by atomic mass is 10.2. The molecule has 1 heterocycles. The zero-order valence-corrected chi connectivity index (χ0v) is 12.2. The normalized spacial score (nSPS) is 9.81. The van der Waals surface area contributed by atoms with Crippen LogP contribution in [0.25, 0.3) is 0 Å². The van der Waals surface area contributed by atoms with Gasteiger partial charge in [-0.15, -0.1) is 11.6 Å². The summed E-state index contributed by atoms with van der Waals surface area (Å²) in [7, 11) is 0. The lowest BCUT2D eigenvalue weighted by Gasteiger charge is -2.07. The van der Waals surface area contributed by atoms with E-state index in [9.17, 15) is 4.39 Å². The van der Waals surface area contributed by atoms with E-state index in [1.54, 1.807) is 18.5 Å². The van der Waals surface area contributed by atoms with Crippen LogP contribution in [0.2, 0.25) is 0 Å². The summed E-state index contributed by atoms with van der Waals surface area (Å²) >= 11 is 5.55. The number of alkyl halides is 1. The molecule has 1 aromatic carbocycles. The average molecular weight is 304 g/mol. The molecule has 0 radical (unpaired) electrons. The first-order valence-electron chi connectivity index (χ1n) is 6.65. The van der Waals surface area contributed by atoms with Crippen LogP contribution in [0.5, 0.6) is 5.75 Å². The Bertz CT molecular complexity index is 634. The number of pyridine rings is 1. The van der Waals surface area contributed by atoms with Crippen LogP contribution in [0.4, 0.5) is 4.39 Å². The number of halogens is 2. The van der Waals surface area contributed by atoms with E-state index in [0.717, 1.165) is 12.0 Å². The fourth-order valence-corrected chi connectivity index (χ4v) is 1.86. The molecule has 2 aromatic rings. The third-order valence-corrected chi connectivity index (χ3v) is 2.92. The maximum absolute atomic E-state index is 13.5. The molecule has 0 aliphatic carbocycles. The second kappa shape index (κ2) is 8.28. The molecule has 2 rings (SSSR count). The van der Waals surface area contributed by atoms with Gasteiger partial charge in [0.1, 0.15) is 11.6 Å². The summed E-state index contributed by atoms with van der Waals surface area (Å²) in [5.74, 6) is 6.35. The molecule has 2 nitrogen and oxygen atoms in total. The maximum Gasteiger partial charge on any atom is 0.128 e. The van der Waals surface area contributed by atoms with Crippen LogP contribution in [-0.4, -0.2) is 17.5 Å². The number of hydrogen-bond donors (Lipinski definition) is 0. The number of ether oxygens (including phenoxy) is 1. The van der Waals surface area contributed by atoms with Gasteiger partial charge in [0.05, 0.1) is 6.61 Å². The SMILES string of the molecule is Fc1cc(C#CCCCl)cc(OCCc2ccncc2)c1. The Morgan fingerprint density at radius 1 is 1.19 bits per heavy atom. The third-order valence-electron chi connectivity index (χ3n) is 2.73. The minimum atomic E-state index is -0.355. The Morgan fingerprint density at radius 3 is 2.76 bits per heavy atom. The zero-order chi connectivity index (χ0) is 14.9. The molecule has 0 bridgehead atoms. The quantitative estimate of drug-likeness (QED) is 0.619. The number of rotatable bonds is 5. The second-order valence-corrected chi connectivity index (χ2v) is 4.75. The summed E-state index contributed by atoms with van der Waals surface area (Å²) in [6.45, 7) is 0.474. The highest BCUT2D eigenvalue weighted by Gasteiger charge is 2.01. The van der Waals surface area contributed by atoms with Crippen molar-refractivity contribution in [3.63, 3.8) is 0 Å². The Balaban J connectivity index is 1.95. The summed E-state index contributed by atoms with van der Waals surface area (Å²) in [5, 5.41) is 0. The van der Waals surface area contributed by atoms with Gasteiger partial charge in [0, 0.05) is 42.7 Å². The van der Waals surface area contributed by atoms with Crippen LogP contribution in [0.3, 0.4) is 0 Å². The predicted molar refractivity (Wildman–Crippen MR) is 82.1 cm³/mol. The molecule has 0 spiro atoms. The Kier molecular flexibility index (Phi) is 6.05. The summed E-state index contributed by atoms with van der Waals surface area (Å²) in [6, 6.07) is 8.34. The van der Waals surface area contributed by atoms with E-state index in [-0.39, 0.29) is 5.82 Å². The van der Waals surface area contributed by atoms with E-state index in [2.05, 4.69) is 16.8 Å². The summed E-state index contributed by atoms with van der Waals surface area (Å²) in [6.07, 6.45) is 4.80. The first-order valence-corrected chi connectivity index (χ1v) is 7.18. The molecular weight excluding hydrogens is 289 g/mol.